The fraction of sp³-hybridized carbons (Fsp3) is 0.263. The number of benzene rings is 2. The lowest BCUT2D eigenvalue weighted by Crippen LogP contribution is -2.60. The van der Waals surface area contributed by atoms with Crippen LogP contribution in [0.5, 0.6) is 0 Å². The predicted octanol–water partition coefficient (Wildman–Crippen LogP) is 4.24. The molecule has 2 aromatic rings. The topological polar surface area (TPSA) is 0 Å². The first kappa shape index (κ1) is 14.8. The quantitative estimate of drug-likeness (QED) is 0.568. The van der Waals surface area contributed by atoms with Gasteiger partial charge in [0.2, 0.25) is 0 Å². The molecule has 1 heteroatoms. The Balaban J connectivity index is 2.66. The van der Waals surface area contributed by atoms with Gasteiger partial charge in [-0.15, -0.1) is 6.58 Å². The van der Waals surface area contributed by atoms with E-state index in [-0.39, 0.29) is 0 Å². The van der Waals surface area contributed by atoms with Crippen LogP contribution in [0.4, 0.5) is 0 Å². The second-order valence-electron chi connectivity index (χ2n) is 5.99. The highest BCUT2D eigenvalue weighted by atomic mass is 28.3. The largest absolute Gasteiger partial charge is 0.124 e. The maximum absolute atomic E-state index is 4.21. The van der Waals surface area contributed by atoms with Crippen LogP contribution in [0.1, 0.15) is 20.8 Å². The lowest BCUT2D eigenvalue weighted by molar-refractivity contribution is 1.01. The molecule has 2 rings (SSSR count). The average molecular weight is 280 g/mol. The molecule has 0 radical (unpaired) electrons. The molecule has 0 bridgehead atoms. The zero-order valence-electron chi connectivity index (χ0n) is 12.8. The van der Waals surface area contributed by atoms with Crippen LogP contribution in [0.3, 0.4) is 0 Å². The SMILES string of the molecule is C=C(C)C[Si](c1ccccc1)(c1ccccc1)C(C)C. The molecule has 0 amide bonds. The Morgan fingerprint density at radius 2 is 1.30 bits per heavy atom. The summed E-state index contributed by atoms with van der Waals surface area (Å²) >= 11 is 0. The average Bonchev–Trinajstić information content (AvgIpc) is 2.46. The molecule has 0 saturated carbocycles. The van der Waals surface area contributed by atoms with Crippen LogP contribution in [0.25, 0.3) is 0 Å². The summed E-state index contributed by atoms with van der Waals surface area (Å²) in [5, 5.41) is 3.04. The van der Waals surface area contributed by atoms with E-state index < -0.39 is 8.07 Å². The molecule has 2 aromatic carbocycles. The summed E-state index contributed by atoms with van der Waals surface area (Å²) in [5.41, 5.74) is 1.93. The lowest BCUT2D eigenvalue weighted by atomic mass is 10.4. The van der Waals surface area contributed by atoms with Gasteiger partial charge in [-0.25, -0.2) is 0 Å². The van der Waals surface area contributed by atoms with Gasteiger partial charge in [0, 0.05) is 0 Å². The van der Waals surface area contributed by atoms with Gasteiger partial charge >= 0.3 is 0 Å². The van der Waals surface area contributed by atoms with Crippen molar-refractivity contribution in [3.8, 4) is 0 Å². The minimum absolute atomic E-state index is 0.643. The van der Waals surface area contributed by atoms with E-state index in [1.807, 2.05) is 0 Å². The van der Waals surface area contributed by atoms with Gasteiger partial charge in [-0.05, 0) is 18.5 Å². The maximum atomic E-state index is 4.21. The van der Waals surface area contributed by atoms with Gasteiger partial charge in [0.15, 0.2) is 0 Å². The molecule has 20 heavy (non-hydrogen) atoms. The monoisotopic (exact) mass is 280 g/mol. The molecule has 0 heterocycles. The summed E-state index contributed by atoms with van der Waals surface area (Å²) in [7, 11) is -1.79. The van der Waals surface area contributed by atoms with Gasteiger partial charge in [-0.2, -0.15) is 0 Å². The second kappa shape index (κ2) is 6.23. The molecule has 0 fully saturated rings. The summed E-state index contributed by atoms with van der Waals surface area (Å²) in [6.07, 6.45) is 0. The first-order valence-electron chi connectivity index (χ1n) is 7.33. The fourth-order valence-electron chi connectivity index (χ4n) is 3.19. The Morgan fingerprint density at radius 3 is 1.60 bits per heavy atom. The first-order chi connectivity index (χ1) is 9.57. The zero-order chi connectivity index (χ0) is 14.6. The van der Waals surface area contributed by atoms with Crippen molar-refractivity contribution in [1.82, 2.24) is 0 Å². The van der Waals surface area contributed by atoms with E-state index in [2.05, 4.69) is 88.0 Å². The predicted molar refractivity (Wildman–Crippen MR) is 92.6 cm³/mol. The van der Waals surface area contributed by atoms with E-state index in [0.717, 1.165) is 6.04 Å². The smallest absolute Gasteiger partial charge is 0.100 e. The molecule has 0 atom stereocenters. The molecule has 0 aliphatic rings. The van der Waals surface area contributed by atoms with Crippen molar-refractivity contribution in [2.45, 2.75) is 32.4 Å². The summed E-state index contributed by atoms with van der Waals surface area (Å²) in [5.74, 6) is 0. The van der Waals surface area contributed by atoms with Gasteiger partial charge < -0.3 is 0 Å². The minimum Gasteiger partial charge on any atom is -0.100 e. The Morgan fingerprint density at radius 1 is 0.900 bits per heavy atom. The third-order valence-electron chi connectivity index (χ3n) is 4.14. The van der Waals surface area contributed by atoms with E-state index in [1.165, 1.54) is 15.9 Å². The van der Waals surface area contributed by atoms with Crippen LogP contribution < -0.4 is 10.4 Å². The molecular weight excluding hydrogens is 256 g/mol. The number of hydrogen-bond acceptors (Lipinski definition) is 0. The summed E-state index contributed by atoms with van der Waals surface area (Å²) in [6, 6.07) is 23.2. The van der Waals surface area contributed by atoms with E-state index in [4.69, 9.17) is 0 Å². The fourth-order valence-corrected chi connectivity index (χ4v) is 8.20. The van der Waals surface area contributed by atoms with Crippen LogP contribution in [0, 0.1) is 0 Å². The van der Waals surface area contributed by atoms with E-state index in [1.54, 1.807) is 0 Å². The van der Waals surface area contributed by atoms with Crippen molar-refractivity contribution >= 4 is 18.4 Å². The molecule has 0 aliphatic carbocycles. The Hall–Kier alpha value is -1.60. The molecule has 0 N–H and O–H groups in total. The van der Waals surface area contributed by atoms with Crippen molar-refractivity contribution < 1.29 is 0 Å². The van der Waals surface area contributed by atoms with Crippen LogP contribution in [-0.4, -0.2) is 8.07 Å². The third kappa shape index (κ3) is 2.78. The highest BCUT2D eigenvalue weighted by Crippen LogP contribution is 2.28. The van der Waals surface area contributed by atoms with E-state index in [0.29, 0.717) is 5.54 Å². The molecule has 104 valence electrons. The van der Waals surface area contributed by atoms with Crippen LogP contribution in [0.15, 0.2) is 72.8 Å². The van der Waals surface area contributed by atoms with Gasteiger partial charge in [-0.3, -0.25) is 0 Å². The molecule has 0 spiro atoms. The molecule has 0 aliphatic heterocycles. The van der Waals surface area contributed by atoms with Crippen LogP contribution in [0.2, 0.25) is 11.6 Å². The third-order valence-corrected chi connectivity index (χ3v) is 10.0. The highest BCUT2D eigenvalue weighted by molar-refractivity contribution is 7.03. The Kier molecular flexibility index (Phi) is 4.61. The minimum atomic E-state index is -1.79. The van der Waals surface area contributed by atoms with Gasteiger partial charge in [0.05, 0.1) is 0 Å². The number of hydrogen-bond donors (Lipinski definition) is 0. The van der Waals surface area contributed by atoms with Gasteiger partial charge in [0.25, 0.3) is 0 Å². The molecular formula is C19H24Si. The van der Waals surface area contributed by atoms with Crippen molar-refractivity contribution in [2.24, 2.45) is 0 Å². The van der Waals surface area contributed by atoms with Crippen molar-refractivity contribution in [1.29, 1.82) is 0 Å². The molecule has 0 saturated heterocycles. The lowest BCUT2D eigenvalue weighted by Gasteiger charge is -2.37. The molecule has 0 nitrogen and oxygen atoms in total. The van der Waals surface area contributed by atoms with Gasteiger partial charge in [-0.1, -0.05) is 90.5 Å². The second-order valence-corrected chi connectivity index (χ2v) is 10.6. The van der Waals surface area contributed by atoms with Crippen LogP contribution >= 0.6 is 0 Å². The maximum Gasteiger partial charge on any atom is 0.124 e. The zero-order valence-corrected chi connectivity index (χ0v) is 13.8. The molecule has 0 aromatic heterocycles. The number of allylic oxidation sites excluding steroid dienone is 1. The van der Waals surface area contributed by atoms with Crippen LogP contribution in [-0.2, 0) is 0 Å². The molecule has 0 unspecified atom stereocenters. The Bertz CT molecular complexity index is 515. The highest BCUT2D eigenvalue weighted by Gasteiger charge is 2.39. The van der Waals surface area contributed by atoms with Crippen molar-refractivity contribution in [2.75, 3.05) is 0 Å². The standard InChI is InChI=1S/C19H24Si/c1-16(2)15-20(17(3)4,18-11-7-5-8-12-18)19-13-9-6-10-14-19/h5-14,17H,1,15H2,2-4H3. The van der Waals surface area contributed by atoms with Crippen molar-refractivity contribution in [3.05, 3.63) is 72.8 Å². The van der Waals surface area contributed by atoms with E-state index in [9.17, 15) is 0 Å². The van der Waals surface area contributed by atoms with Crippen molar-refractivity contribution in [3.63, 3.8) is 0 Å². The summed E-state index contributed by atoms with van der Waals surface area (Å²) in [6.45, 7) is 11.1. The Labute approximate surface area is 124 Å². The summed E-state index contributed by atoms with van der Waals surface area (Å²) in [4.78, 5) is 0. The van der Waals surface area contributed by atoms with Gasteiger partial charge in [0.1, 0.15) is 8.07 Å². The first-order valence-corrected chi connectivity index (χ1v) is 9.61. The normalized spacial score (nSPS) is 11.6. The van der Waals surface area contributed by atoms with E-state index >= 15 is 0 Å². The summed E-state index contributed by atoms with van der Waals surface area (Å²) < 4.78 is 0. The number of rotatable bonds is 5.